The van der Waals surface area contributed by atoms with Crippen LogP contribution < -0.4 is 5.56 Å². The van der Waals surface area contributed by atoms with Crippen LogP contribution in [0.5, 0.6) is 0 Å². The summed E-state index contributed by atoms with van der Waals surface area (Å²) in [6.07, 6.45) is 1.62. The van der Waals surface area contributed by atoms with Gasteiger partial charge in [0.25, 0.3) is 11.4 Å². The molecule has 0 aliphatic carbocycles. The van der Waals surface area contributed by atoms with E-state index in [2.05, 4.69) is 10.1 Å². The number of fused-ring (bicyclic) bond motifs is 1. The zero-order valence-electron chi connectivity index (χ0n) is 16.0. The maximum absolute atomic E-state index is 13.8. The van der Waals surface area contributed by atoms with Gasteiger partial charge in [0.1, 0.15) is 5.82 Å². The van der Waals surface area contributed by atoms with Gasteiger partial charge in [-0.25, -0.2) is 4.39 Å². The molecule has 3 aromatic carbocycles. The van der Waals surface area contributed by atoms with Gasteiger partial charge in [0.05, 0.1) is 11.3 Å². The molecule has 0 saturated carbocycles. The Morgan fingerprint density at radius 1 is 0.933 bits per heavy atom. The molecule has 2 heterocycles. The molecule has 0 fully saturated rings. The summed E-state index contributed by atoms with van der Waals surface area (Å²) in [6.45, 7) is 2.01. The van der Waals surface area contributed by atoms with Gasteiger partial charge < -0.3 is 4.52 Å². The largest absolute Gasteiger partial charge is 0.334 e. The number of aromatic nitrogens is 3. The third-order valence-electron chi connectivity index (χ3n) is 4.98. The maximum Gasteiger partial charge on any atom is 0.262 e. The van der Waals surface area contributed by atoms with E-state index in [9.17, 15) is 9.18 Å². The van der Waals surface area contributed by atoms with Crippen LogP contribution in [0.2, 0.25) is 0 Å². The van der Waals surface area contributed by atoms with E-state index >= 15 is 0 Å². The lowest BCUT2D eigenvalue weighted by Crippen LogP contribution is -2.18. The molecular weight excluding hydrogens is 381 g/mol. The Labute approximate surface area is 171 Å². The first-order chi connectivity index (χ1) is 14.6. The molecule has 5 rings (SSSR count). The predicted molar refractivity (Wildman–Crippen MR) is 113 cm³/mol. The second-order valence-electron chi connectivity index (χ2n) is 7.03. The fourth-order valence-electron chi connectivity index (χ4n) is 3.43. The van der Waals surface area contributed by atoms with E-state index < -0.39 is 5.82 Å². The van der Waals surface area contributed by atoms with Gasteiger partial charge in [0.15, 0.2) is 0 Å². The van der Waals surface area contributed by atoms with Crippen molar-refractivity contribution >= 4 is 10.8 Å². The Balaban J connectivity index is 1.72. The van der Waals surface area contributed by atoms with Crippen LogP contribution in [0.15, 0.2) is 88.3 Å². The smallest absolute Gasteiger partial charge is 0.262 e. The summed E-state index contributed by atoms with van der Waals surface area (Å²) in [4.78, 5) is 17.6. The fraction of sp³-hybridized carbons (Fsp3) is 0.0417. The molecule has 30 heavy (non-hydrogen) atoms. The van der Waals surface area contributed by atoms with E-state index in [0.717, 1.165) is 11.1 Å². The molecule has 0 radical (unpaired) electrons. The number of pyridine rings is 1. The number of hydrogen-bond donors (Lipinski definition) is 0. The Hall–Kier alpha value is -4.06. The second kappa shape index (κ2) is 7.08. The molecular formula is C24H16FN3O2. The van der Waals surface area contributed by atoms with E-state index in [1.54, 1.807) is 30.5 Å². The number of benzene rings is 3. The highest BCUT2D eigenvalue weighted by Crippen LogP contribution is 2.28. The van der Waals surface area contributed by atoms with E-state index in [0.29, 0.717) is 27.8 Å². The molecule has 0 aliphatic rings. The van der Waals surface area contributed by atoms with Crippen molar-refractivity contribution in [1.82, 2.24) is 14.7 Å². The Bertz CT molecular complexity index is 1440. The summed E-state index contributed by atoms with van der Waals surface area (Å²) in [5.74, 6) is 0.318. The number of halogens is 1. The Morgan fingerprint density at radius 3 is 2.47 bits per heavy atom. The predicted octanol–water partition coefficient (Wildman–Crippen LogP) is 5.16. The van der Waals surface area contributed by atoms with Crippen LogP contribution >= 0.6 is 0 Å². The van der Waals surface area contributed by atoms with E-state index in [-0.39, 0.29) is 11.4 Å². The zero-order chi connectivity index (χ0) is 20.7. The van der Waals surface area contributed by atoms with Crippen molar-refractivity contribution in [2.24, 2.45) is 0 Å². The lowest BCUT2D eigenvalue weighted by Gasteiger charge is -2.10. The quantitative estimate of drug-likeness (QED) is 0.422. The molecule has 0 aliphatic heterocycles. The molecule has 6 heteroatoms. The van der Waals surface area contributed by atoms with Gasteiger partial charge >= 0.3 is 0 Å². The first kappa shape index (κ1) is 18.0. The SMILES string of the molecule is Cc1ccc(-c2noc(-c3cn(-c4cccc(F)c4)c(=O)c4ccccc34)n2)cc1. The minimum Gasteiger partial charge on any atom is -0.334 e. The molecule has 0 spiro atoms. The summed E-state index contributed by atoms with van der Waals surface area (Å²) in [6, 6.07) is 20.9. The van der Waals surface area contributed by atoms with Gasteiger partial charge in [-0.15, -0.1) is 0 Å². The van der Waals surface area contributed by atoms with E-state index in [1.165, 1.54) is 16.7 Å². The summed E-state index contributed by atoms with van der Waals surface area (Å²) in [7, 11) is 0. The van der Waals surface area contributed by atoms with Crippen molar-refractivity contribution in [2.75, 3.05) is 0 Å². The monoisotopic (exact) mass is 397 g/mol. The van der Waals surface area contributed by atoms with Gasteiger partial charge in [0, 0.05) is 22.5 Å². The van der Waals surface area contributed by atoms with Crippen molar-refractivity contribution in [3.8, 4) is 28.5 Å². The number of aryl methyl sites for hydroxylation is 1. The second-order valence-corrected chi connectivity index (χ2v) is 7.03. The van der Waals surface area contributed by atoms with Crippen molar-refractivity contribution in [1.29, 1.82) is 0 Å². The van der Waals surface area contributed by atoms with Gasteiger partial charge in [-0.3, -0.25) is 9.36 Å². The minimum absolute atomic E-state index is 0.252. The van der Waals surface area contributed by atoms with Crippen molar-refractivity contribution in [2.45, 2.75) is 6.92 Å². The Morgan fingerprint density at radius 2 is 1.70 bits per heavy atom. The molecule has 146 valence electrons. The number of nitrogens with zero attached hydrogens (tertiary/aromatic N) is 3. The average molecular weight is 397 g/mol. The van der Waals surface area contributed by atoms with Crippen LogP contribution in [0.3, 0.4) is 0 Å². The van der Waals surface area contributed by atoms with Crippen molar-refractivity contribution < 1.29 is 8.91 Å². The number of hydrogen-bond acceptors (Lipinski definition) is 4. The fourth-order valence-corrected chi connectivity index (χ4v) is 3.43. The van der Waals surface area contributed by atoms with Gasteiger partial charge in [-0.1, -0.05) is 59.3 Å². The van der Waals surface area contributed by atoms with Crippen LogP contribution in [-0.4, -0.2) is 14.7 Å². The van der Waals surface area contributed by atoms with E-state index in [4.69, 9.17) is 4.52 Å². The highest BCUT2D eigenvalue weighted by molar-refractivity contribution is 5.94. The average Bonchev–Trinajstić information content (AvgIpc) is 3.25. The summed E-state index contributed by atoms with van der Waals surface area (Å²) < 4.78 is 20.7. The number of rotatable bonds is 3. The summed E-state index contributed by atoms with van der Waals surface area (Å²) in [5, 5.41) is 5.27. The van der Waals surface area contributed by atoms with Crippen LogP contribution in [0, 0.1) is 12.7 Å². The van der Waals surface area contributed by atoms with Gasteiger partial charge in [-0.05, 0) is 31.2 Å². The lowest BCUT2D eigenvalue weighted by molar-refractivity contribution is 0.432. The standard InChI is InChI=1S/C24H16FN3O2/c1-15-9-11-16(12-10-15)22-26-23(30-27-22)21-14-28(18-6-4-5-17(25)13-18)24(29)20-8-3-2-7-19(20)21/h2-14H,1H3. The van der Waals surface area contributed by atoms with Gasteiger partial charge in [-0.2, -0.15) is 4.98 Å². The Kier molecular flexibility index (Phi) is 4.25. The molecule has 0 unspecified atom stereocenters. The molecule has 0 atom stereocenters. The molecule has 0 bridgehead atoms. The van der Waals surface area contributed by atoms with Gasteiger partial charge in [0.2, 0.25) is 5.82 Å². The van der Waals surface area contributed by atoms with Crippen molar-refractivity contribution in [3.63, 3.8) is 0 Å². The zero-order valence-corrected chi connectivity index (χ0v) is 16.0. The summed E-state index contributed by atoms with van der Waals surface area (Å²) in [5.41, 5.74) is 2.73. The molecule has 5 nitrogen and oxygen atoms in total. The third-order valence-corrected chi connectivity index (χ3v) is 4.98. The highest BCUT2D eigenvalue weighted by Gasteiger charge is 2.17. The molecule has 2 aromatic heterocycles. The van der Waals surface area contributed by atoms with Crippen LogP contribution in [0.4, 0.5) is 4.39 Å². The normalized spacial score (nSPS) is 11.1. The van der Waals surface area contributed by atoms with Crippen molar-refractivity contribution in [3.05, 3.63) is 101 Å². The highest BCUT2D eigenvalue weighted by atomic mass is 19.1. The van der Waals surface area contributed by atoms with Crippen LogP contribution in [-0.2, 0) is 0 Å². The van der Waals surface area contributed by atoms with Crippen LogP contribution in [0.1, 0.15) is 5.56 Å². The third kappa shape index (κ3) is 3.08. The van der Waals surface area contributed by atoms with Crippen LogP contribution in [0.25, 0.3) is 39.3 Å². The molecule has 0 N–H and O–H groups in total. The topological polar surface area (TPSA) is 60.9 Å². The molecule has 0 amide bonds. The van der Waals surface area contributed by atoms with E-state index in [1.807, 2.05) is 43.3 Å². The minimum atomic E-state index is -0.423. The molecule has 5 aromatic rings. The summed E-state index contributed by atoms with van der Waals surface area (Å²) >= 11 is 0. The first-order valence-corrected chi connectivity index (χ1v) is 9.41. The lowest BCUT2D eigenvalue weighted by atomic mass is 10.1. The first-order valence-electron chi connectivity index (χ1n) is 9.41. The maximum atomic E-state index is 13.8. The molecule has 0 saturated heterocycles.